The summed E-state index contributed by atoms with van der Waals surface area (Å²) in [5.74, 6) is 2.14. The highest BCUT2D eigenvalue weighted by atomic mass is 79.9. The van der Waals surface area contributed by atoms with E-state index in [9.17, 15) is 35.2 Å². The Hall–Kier alpha value is -6.44. The fourth-order valence-electron chi connectivity index (χ4n) is 6.85. The second-order valence-electron chi connectivity index (χ2n) is 14.9. The number of aliphatic hydroxyl groups is 1. The zero-order valence-corrected chi connectivity index (χ0v) is 43.4. The summed E-state index contributed by atoms with van der Waals surface area (Å²) in [5.41, 5.74) is 8.73. The number of aromatic nitrogens is 6. The Labute approximate surface area is 427 Å². The number of benzene rings is 5. The van der Waals surface area contributed by atoms with Gasteiger partial charge in [0.25, 0.3) is 20.0 Å². The van der Waals surface area contributed by atoms with Gasteiger partial charge in [-0.15, -0.1) is 0 Å². The third-order valence-electron chi connectivity index (χ3n) is 10.2. The molecular formula is C45H37Br2F2N9O9S4. The van der Waals surface area contributed by atoms with E-state index in [2.05, 4.69) is 71.9 Å². The van der Waals surface area contributed by atoms with Crippen LogP contribution in [0.1, 0.15) is 61.2 Å². The van der Waals surface area contributed by atoms with E-state index in [0.29, 0.717) is 5.56 Å². The summed E-state index contributed by atoms with van der Waals surface area (Å²) in [5, 5.41) is 9.10. The maximum absolute atomic E-state index is 14.9. The minimum atomic E-state index is -4.31. The zero-order valence-electron chi connectivity index (χ0n) is 37.0. The molecule has 4 heterocycles. The van der Waals surface area contributed by atoms with E-state index >= 15 is 0 Å². The Morgan fingerprint density at radius 1 is 0.690 bits per heavy atom. The molecule has 0 bridgehead atoms. The second kappa shape index (κ2) is 22.3. The van der Waals surface area contributed by atoms with Crippen LogP contribution in [0.2, 0.25) is 0 Å². The number of halogens is 4. The molecule has 0 aliphatic carbocycles. The maximum Gasteiger partial charge on any atom is 0.420 e. The SMILES string of the molecule is C[C@H](O)c1cccc(Br)c1.C[C@H](c1cccc(Br)c1)n1c(=O)oc2cc(S(=O)(=O)Nc3ncns3)c(F)cc21.C[C@H](c1cccc(C#CCN)c1)n1c(=O)oc2cc(S(=O)(=O)Nc3ncns3)c(F)cc21. The van der Waals surface area contributed by atoms with Gasteiger partial charge in [-0.05, 0) is 73.9 Å². The molecule has 0 aliphatic heterocycles. The lowest BCUT2D eigenvalue weighted by molar-refractivity contribution is 0.199. The average Bonchev–Trinajstić information content (AvgIpc) is 4.15. The molecule has 0 spiro atoms. The van der Waals surface area contributed by atoms with Gasteiger partial charge in [-0.25, -0.2) is 45.2 Å². The smallest absolute Gasteiger partial charge is 0.408 e. The number of nitrogens with one attached hydrogen (secondary N) is 2. The van der Waals surface area contributed by atoms with E-state index in [1.807, 2.05) is 48.5 Å². The van der Waals surface area contributed by atoms with Crippen molar-refractivity contribution in [2.75, 3.05) is 16.0 Å². The van der Waals surface area contributed by atoms with E-state index in [4.69, 9.17) is 19.7 Å². The lowest BCUT2D eigenvalue weighted by Gasteiger charge is -2.14. The van der Waals surface area contributed by atoms with Crippen LogP contribution in [0.3, 0.4) is 0 Å². The first-order chi connectivity index (χ1) is 33.8. The van der Waals surface area contributed by atoms with Gasteiger partial charge in [0.1, 0.15) is 34.1 Å². The van der Waals surface area contributed by atoms with Gasteiger partial charge in [-0.1, -0.05) is 80.1 Å². The van der Waals surface area contributed by atoms with Crippen molar-refractivity contribution in [1.29, 1.82) is 0 Å². The zero-order chi connectivity index (χ0) is 51.2. The third-order valence-corrected chi connectivity index (χ3v) is 15.3. The summed E-state index contributed by atoms with van der Waals surface area (Å²) in [6.45, 7) is 5.47. The minimum Gasteiger partial charge on any atom is -0.408 e. The largest absolute Gasteiger partial charge is 0.420 e. The van der Waals surface area contributed by atoms with Crippen molar-refractivity contribution < 1.29 is 39.6 Å². The van der Waals surface area contributed by atoms with Gasteiger partial charge in [-0.3, -0.25) is 18.6 Å². The van der Waals surface area contributed by atoms with E-state index in [-0.39, 0.29) is 45.1 Å². The van der Waals surface area contributed by atoms with Crippen molar-refractivity contribution in [3.05, 3.63) is 174 Å². The molecule has 18 nitrogen and oxygen atoms in total. The first kappa shape index (κ1) is 52.4. The Bertz CT molecular complexity index is 3780. The molecule has 0 fully saturated rings. The molecule has 26 heteroatoms. The van der Waals surface area contributed by atoms with E-state index < -0.39 is 65.1 Å². The van der Waals surface area contributed by atoms with E-state index in [1.54, 1.807) is 45.0 Å². The molecule has 0 amide bonds. The highest BCUT2D eigenvalue weighted by Crippen LogP contribution is 2.31. The van der Waals surface area contributed by atoms with E-state index in [1.165, 1.54) is 21.8 Å². The summed E-state index contributed by atoms with van der Waals surface area (Å²) in [6, 6.07) is 25.0. The van der Waals surface area contributed by atoms with Crippen LogP contribution in [0.4, 0.5) is 19.0 Å². The van der Waals surface area contributed by atoms with Crippen LogP contribution in [0.15, 0.2) is 147 Å². The number of hydrogen-bond acceptors (Lipinski definition) is 16. The molecule has 368 valence electrons. The van der Waals surface area contributed by atoms with Gasteiger partial charge < -0.3 is 19.7 Å². The first-order valence-corrected chi connectivity index (χ1v) is 26.6. The predicted molar refractivity (Wildman–Crippen MR) is 271 cm³/mol. The first-order valence-electron chi connectivity index (χ1n) is 20.5. The number of rotatable bonds is 11. The summed E-state index contributed by atoms with van der Waals surface area (Å²) < 4.78 is 106. The summed E-state index contributed by atoms with van der Waals surface area (Å²) in [4.78, 5) is 31.1. The van der Waals surface area contributed by atoms with E-state index in [0.717, 1.165) is 73.0 Å². The van der Waals surface area contributed by atoms with Crippen molar-refractivity contribution in [2.24, 2.45) is 5.73 Å². The number of nitrogens with two attached hydrogens (primary N) is 1. The average molecular weight is 1170 g/mol. The monoisotopic (exact) mass is 1170 g/mol. The molecular weight excluding hydrogens is 1140 g/mol. The van der Waals surface area contributed by atoms with Crippen molar-refractivity contribution in [3.63, 3.8) is 0 Å². The Morgan fingerprint density at radius 3 is 1.54 bits per heavy atom. The summed E-state index contributed by atoms with van der Waals surface area (Å²) in [6.07, 6.45) is 1.96. The van der Waals surface area contributed by atoms with Crippen LogP contribution in [-0.4, -0.2) is 56.3 Å². The molecule has 71 heavy (non-hydrogen) atoms. The molecule has 9 rings (SSSR count). The van der Waals surface area contributed by atoms with Crippen molar-refractivity contribution in [1.82, 2.24) is 27.8 Å². The Balaban J connectivity index is 0.000000175. The molecule has 9 aromatic rings. The lowest BCUT2D eigenvalue weighted by atomic mass is 10.0. The lowest BCUT2D eigenvalue weighted by Crippen LogP contribution is -2.19. The number of hydrogen-bond donors (Lipinski definition) is 4. The molecule has 5 N–H and O–H groups in total. The predicted octanol–water partition coefficient (Wildman–Crippen LogP) is 8.57. The van der Waals surface area contributed by atoms with Crippen LogP contribution in [0.5, 0.6) is 0 Å². The van der Waals surface area contributed by atoms with Crippen molar-refractivity contribution >= 4 is 107 Å². The fourth-order valence-corrected chi connectivity index (χ4v) is 11.2. The van der Waals surface area contributed by atoms with Crippen LogP contribution in [0, 0.1) is 23.5 Å². The second-order valence-corrected chi connectivity index (χ2v) is 21.6. The summed E-state index contributed by atoms with van der Waals surface area (Å²) in [7, 11) is -8.59. The van der Waals surface area contributed by atoms with Crippen molar-refractivity contribution in [2.45, 2.75) is 48.7 Å². The van der Waals surface area contributed by atoms with Gasteiger partial charge in [0, 0.05) is 61.8 Å². The standard InChI is InChI=1S/C20H16FN5O4S2.C17H12BrFN4O4S2.C8H9BrO/c1-12(14-6-2-4-13(8-14)5-3-7-22)26-16-9-15(21)18(10-17(16)30-20(26)27)32(28,29)25-19-23-11-24-31-19;1-9(10-3-2-4-11(18)5-10)23-13-6-12(19)15(7-14(13)27-17(23)24)29(25,26)22-16-20-8-21-28-16;1-6(10)7-3-2-4-8(9)5-7/h2,4,6,8-12H,7,22H2,1H3,(H,23,24,25);2-9H,1H3,(H,20,21,22);2-6,10H,1H3/t12-;9-;6-/m110/s1. The molecule has 0 saturated heterocycles. The molecule has 0 radical (unpaired) electrons. The topological polar surface area (TPSA) is 260 Å². The van der Waals surface area contributed by atoms with Crippen molar-refractivity contribution in [3.8, 4) is 11.8 Å². The molecule has 0 aliphatic rings. The minimum absolute atomic E-state index is 0.00760. The Morgan fingerprint density at radius 2 is 1.13 bits per heavy atom. The van der Waals surface area contributed by atoms with Gasteiger partial charge >= 0.3 is 11.5 Å². The van der Waals surface area contributed by atoms with Gasteiger partial charge in [0.15, 0.2) is 11.2 Å². The number of sulfonamides is 2. The van der Waals surface area contributed by atoms with Gasteiger partial charge in [-0.2, -0.15) is 8.75 Å². The number of fused-ring (bicyclic) bond motifs is 2. The van der Waals surface area contributed by atoms with Crippen LogP contribution in [-0.2, 0) is 20.0 Å². The number of aliphatic hydroxyl groups excluding tert-OH is 1. The molecule has 5 aromatic carbocycles. The molecule has 0 unspecified atom stereocenters. The Kier molecular flexibility index (Phi) is 16.5. The number of nitrogens with zero attached hydrogens (tertiary/aromatic N) is 6. The fraction of sp³-hybridized carbons (Fsp3) is 0.156. The maximum atomic E-state index is 14.9. The van der Waals surface area contributed by atoms with Crippen LogP contribution >= 0.6 is 54.9 Å². The highest BCUT2D eigenvalue weighted by molar-refractivity contribution is 9.10. The third kappa shape index (κ3) is 12.4. The van der Waals surface area contributed by atoms with Gasteiger partial charge in [0.2, 0.25) is 10.3 Å². The van der Waals surface area contributed by atoms with Crippen LogP contribution < -0.4 is 26.7 Å². The summed E-state index contributed by atoms with van der Waals surface area (Å²) >= 11 is 8.30. The molecule has 0 saturated carbocycles. The normalized spacial score (nSPS) is 12.7. The van der Waals surface area contributed by atoms with Gasteiger partial charge in [0.05, 0.1) is 35.8 Å². The quantitative estimate of drug-likeness (QED) is 0.0885. The highest BCUT2D eigenvalue weighted by Gasteiger charge is 2.27. The molecule has 3 atom stereocenters. The van der Waals surface area contributed by atoms with Crippen LogP contribution in [0.25, 0.3) is 22.2 Å². The number of anilines is 2. The molecule has 4 aromatic heterocycles. The number of oxazole rings is 2.